The molecule has 0 N–H and O–H groups in total. The first kappa shape index (κ1) is 9.76. The predicted octanol–water partition coefficient (Wildman–Crippen LogP) is 2.89. The number of hydrogen-bond donors (Lipinski definition) is 0. The highest BCUT2D eigenvalue weighted by Crippen LogP contribution is 2.28. The van der Waals surface area contributed by atoms with E-state index in [4.69, 9.17) is 0 Å². The number of para-hydroxylation sites is 1. The molecular weight excluding hydrogens is 205 g/mol. The number of nitrogens with zero attached hydrogens (tertiary/aromatic N) is 2. The van der Waals surface area contributed by atoms with E-state index in [0.717, 1.165) is 12.4 Å². The summed E-state index contributed by atoms with van der Waals surface area (Å²) >= 11 is 0. The summed E-state index contributed by atoms with van der Waals surface area (Å²) in [7, 11) is 0. The van der Waals surface area contributed by atoms with Crippen LogP contribution in [0, 0.1) is 0 Å². The van der Waals surface area contributed by atoms with Crippen LogP contribution in [0.2, 0.25) is 0 Å². The van der Waals surface area contributed by atoms with Gasteiger partial charge in [-0.15, -0.1) is 0 Å². The third kappa shape index (κ3) is 2.01. The summed E-state index contributed by atoms with van der Waals surface area (Å²) in [6.07, 6.45) is -2.56. The first-order valence-electron chi connectivity index (χ1n) is 4.24. The standard InChI is InChI=1S/C10H7F3N2/c11-10(12,13)8-6-14-15(7-8)9-4-2-1-3-5-9/h1-7H. The van der Waals surface area contributed by atoms with Gasteiger partial charge in [0.15, 0.2) is 0 Å². The predicted molar refractivity (Wildman–Crippen MR) is 48.6 cm³/mol. The van der Waals surface area contributed by atoms with Crippen LogP contribution < -0.4 is 0 Å². The lowest BCUT2D eigenvalue weighted by molar-refractivity contribution is -0.137. The second-order valence-corrected chi connectivity index (χ2v) is 3.01. The minimum atomic E-state index is -4.34. The Balaban J connectivity index is 2.37. The molecule has 0 spiro atoms. The van der Waals surface area contributed by atoms with Gasteiger partial charge in [0.2, 0.25) is 0 Å². The molecule has 0 fully saturated rings. The first-order chi connectivity index (χ1) is 7.07. The smallest absolute Gasteiger partial charge is 0.240 e. The molecule has 0 radical (unpaired) electrons. The quantitative estimate of drug-likeness (QED) is 0.710. The average molecular weight is 212 g/mol. The lowest BCUT2D eigenvalue weighted by Gasteiger charge is -2.01. The number of rotatable bonds is 1. The van der Waals surface area contributed by atoms with E-state index in [0.29, 0.717) is 5.69 Å². The van der Waals surface area contributed by atoms with Gasteiger partial charge in [-0.2, -0.15) is 18.3 Å². The maximum absolute atomic E-state index is 12.3. The first-order valence-corrected chi connectivity index (χ1v) is 4.24. The van der Waals surface area contributed by atoms with Crippen LogP contribution in [0.1, 0.15) is 5.56 Å². The van der Waals surface area contributed by atoms with Crippen molar-refractivity contribution in [3.05, 3.63) is 48.3 Å². The molecule has 15 heavy (non-hydrogen) atoms. The largest absolute Gasteiger partial charge is 0.419 e. The number of aromatic nitrogens is 2. The molecule has 2 aromatic rings. The van der Waals surface area contributed by atoms with Gasteiger partial charge in [0.25, 0.3) is 0 Å². The molecule has 0 bridgehead atoms. The molecule has 5 heteroatoms. The van der Waals surface area contributed by atoms with E-state index in [2.05, 4.69) is 5.10 Å². The Labute approximate surface area is 84.0 Å². The minimum absolute atomic E-state index is 0.605. The molecule has 2 rings (SSSR count). The second-order valence-electron chi connectivity index (χ2n) is 3.01. The highest BCUT2D eigenvalue weighted by Gasteiger charge is 2.32. The Hall–Kier alpha value is -1.78. The Kier molecular flexibility index (Phi) is 2.22. The van der Waals surface area contributed by atoms with Crippen LogP contribution in [0.5, 0.6) is 0 Å². The fraction of sp³-hybridized carbons (Fsp3) is 0.100. The van der Waals surface area contributed by atoms with Gasteiger partial charge in [0.05, 0.1) is 17.4 Å². The molecule has 0 atom stereocenters. The van der Waals surface area contributed by atoms with E-state index < -0.39 is 11.7 Å². The Morgan fingerprint density at radius 2 is 1.73 bits per heavy atom. The second kappa shape index (κ2) is 3.42. The lowest BCUT2D eigenvalue weighted by Crippen LogP contribution is -2.02. The summed E-state index contributed by atoms with van der Waals surface area (Å²) in [6, 6.07) is 8.65. The molecule has 1 heterocycles. The fourth-order valence-electron chi connectivity index (χ4n) is 1.19. The van der Waals surface area contributed by atoms with Crippen LogP contribution in [0.4, 0.5) is 13.2 Å². The molecule has 0 aliphatic heterocycles. The Bertz CT molecular complexity index is 445. The maximum Gasteiger partial charge on any atom is 0.419 e. The summed E-state index contributed by atoms with van der Waals surface area (Å²) < 4.78 is 38.0. The summed E-state index contributed by atoms with van der Waals surface area (Å²) in [5.41, 5.74) is -0.139. The Morgan fingerprint density at radius 3 is 2.27 bits per heavy atom. The molecule has 0 saturated heterocycles. The van der Waals surface area contributed by atoms with Gasteiger partial charge in [-0.25, -0.2) is 4.68 Å². The molecule has 1 aromatic carbocycles. The van der Waals surface area contributed by atoms with Crippen molar-refractivity contribution in [2.24, 2.45) is 0 Å². The van der Waals surface area contributed by atoms with Crippen molar-refractivity contribution in [2.75, 3.05) is 0 Å². The van der Waals surface area contributed by atoms with E-state index in [1.807, 2.05) is 0 Å². The van der Waals surface area contributed by atoms with Crippen molar-refractivity contribution in [3.63, 3.8) is 0 Å². The molecule has 0 saturated carbocycles. The third-order valence-electron chi connectivity index (χ3n) is 1.93. The molecular formula is C10H7F3N2. The third-order valence-corrected chi connectivity index (χ3v) is 1.93. The molecule has 0 aliphatic rings. The zero-order valence-corrected chi connectivity index (χ0v) is 7.57. The van der Waals surface area contributed by atoms with E-state index in [-0.39, 0.29) is 0 Å². The summed E-state index contributed by atoms with van der Waals surface area (Å²) in [4.78, 5) is 0. The van der Waals surface area contributed by atoms with Crippen LogP contribution in [-0.4, -0.2) is 9.78 Å². The number of hydrogen-bond acceptors (Lipinski definition) is 1. The number of halogens is 3. The summed E-state index contributed by atoms with van der Waals surface area (Å²) in [5.74, 6) is 0. The van der Waals surface area contributed by atoms with Crippen LogP contribution >= 0.6 is 0 Å². The number of alkyl halides is 3. The zero-order chi connectivity index (χ0) is 10.9. The van der Waals surface area contributed by atoms with Crippen LogP contribution in [0.3, 0.4) is 0 Å². The normalized spacial score (nSPS) is 11.7. The van der Waals surface area contributed by atoms with Crippen molar-refractivity contribution in [1.82, 2.24) is 9.78 Å². The Morgan fingerprint density at radius 1 is 1.07 bits per heavy atom. The highest BCUT2D eigenvalue weighted by molar-refractivity contribution is 5.31. The fourth-order valence-corrected chi connectivity index (χ4v) is 1.19. The summed E-state index contributed by atoms with van der Waals surface area (Å²) in [5, 5.41) is 3.65. The van der Waals surface area contributed by atoms with E-state index >= 15 is 0 Å². The summed E-state index contributed by atoms with van der Waals surface area (Å²) in [6.45, 7) is 0. The van der Waals surface area contributed by atoms with Crippen molar-refractivity contribution < 1.29 is 13.2 Å². The minimum Gasteiger partial charge on any atom is -0.240 e. The van der Waals surface area contributed by atoms with Crippen molar-refractivity contribution in [3.8, 4) is 5.69 Å². The van der Waals surface area contributed by atoms with E-state index in [9.17, 15) is 13.2 Å². The molecule has 1 aromatic heterocycles. The highest BCUT2D eigenvalue weighted by atomic mass is 19.4. The van der Waals surface area contributed by atoms with Crippen molar-refractivity contribution in [2.45, 2.75) is 6.18 Å². The van der Waals surface area contributed by atoms with Gasteiger partial charge in [-0.05, 0) is 12.1 Å². The van der Waals surface area contributed by atoms with Gasteiger partial charge in [-0.3, -0.25) is 0 Å². The molecule has 2 nitrogen and oxygen atoms in total. The lowest BCUT2D eigenvalue weighted by atomic mass is 10.3. The van der Waals surface area contributed by atoms with Gasteiger partial charge in [0.1, 0.15) is 0 Å². The van der Waals surface area contributed by atoms with Gasteiger partial charge in [-0.1, -0.05) is 18.2 Å². The van der Waals surface area contributed by atoms with Crippen LogP contribution in [0.15, 0.2) is 42.7 Å². The van der Waals surface area contributed by atoms with Crippen LogP contribution in [0.25, 0.3) is 5.69 Å². The molecule has 0 amide bonds. The van der Waals surface area contributed by atoms with Gasteiger partial charge in [0, 0.05) is 6.20 Å². The van der Waals surface area contributed by atoms with Crippen LogP contribution in [-0.2, 0) is 6.18 Å². The van der Waals surface area contributed by atoms with E-state index in [1.165, 1.54) is 4.68 Å². The molecule has 78 valence electrons. The maximum atomic E-state index is 12.3. The van der Waals surface area contributed by atoms with Crippen molar-refractivity contribution in [1.29, 1.82) is 0 Å². The SMILES string of the molecule is FC(F)(F)c1cnn(-c2ccccc2)c1. The van der Waals surface area contributed by atoms with Gasteiger partial charge >= 0.3 is 6.18 Å². The molecule has 0 aliphatic carbocycles. The monoisotopic (exact) mass is 212 g/mol. The van der Waals surface area contributed by atoms with Gasteiger partial charge < -0.3 is 0 Å². The topological polar surface area (TPSA) is 17.8 Å². The molecule has 0 unspecified atom stereocenters. The average Bonchev–Trinajstić information content (AvgIpc) is 2.67. The van der Waals surface area contributed by atoms with E-state index in [1.54, 1.807) is 30.3 Å². The van der Waals surface area contributed by atoms with Crippen molar-refractivity contribution >= 4 is 0 Å². The zero-order valence-electron chi connectivity index (χ0n) is 7.57. The number of benzene rings is 1.